The Morgan fingerprint density at radius 1 is 1.28 bits per heavy atom. The molecule has 0 radical (unpaired) electrons. The summed E-state index contributed by atoms with van der Waals surface area (Å²) in [5.41, 5.74) is -0.106. The molecule has 2 rings (SSSR count). The maximum absolute atomic E-state index is 10.8. The molecule has 1 N–H and O–H groups in total. The van der Waals surface area contributed by atoms with Crippen LogP contribution in [-0.4, -0.2) is 14.9 Å². The fraction of sp³-hybridized carbons (Fsp3) is 0.308. The number of aliphatic hydroxyl groups is 1. The first kappa shape index (κ1) is 13.4. The van der Waals surface area contributed by atoms with Crippen molar-refractivity contribution in [3.8, 4) is 0 Å². The van der Waals surface area contributed by atoms with Crippen molar-refractivity contribution in [1.29, 1.82) is 0 Å². The van der Waals surface area contributed by atoms with Crippen molar-refractivity contribution in [2.24, 2.45) is 0 Å². The summed E-state index contributed by atoms with van der Waals surface area (Å²) < 4.78 is 1.67. The number of aromatic nitrogens is 2. The molecule has 96 valence electrons. The van der Waals surface area contributed by atoms with Crippen LogP contribution in [0, 0.1) is 0 Å². The van der Waals surface area contributed by atoms with E-state index in [2.05, 4.69) is 5.10 Å². The van der Waals surface area contributed by atoms with Crippen molar-refractivity contribution in [1.82, 2.24) is 9.78 Å². The summed E-state index contributed by atoms with van der Waals surface area (Å²) in [4.78, 5) is 0. The van der Waals surface area contributed by atoms with E-state index in [1.807, 2.05) is 19.1 Å². The molecule has 5 heteroatoms. The van der Waals surface area contributed by atoms with E-state index < -0.39 is 5.60 Å². The molecule has 0 saturated heterocycles. The van der Waals surface area contributed by atoms with E-state index >= 15 is 0 Å². The van der Waals surface area contributed by atoms with Gasteiger partial charge in [-0.05, 0) is 19.9 Å². The minimum atomic E-state index is -1.28. The first-order chi connectivity index (χ1) is 8.48. The van der Waals surface area contributed by atoms with Crippen molar-refractivity contribution >= 4 is 23.2 Å². The van der Waals surface area contributed by atoms with Crippen LogP contribution in [0.5, 0.6) is 0 Å². The minimum absolute atomic E-state index is 0.432. The monoisotopic (exact) mass is 284 g/mol. The number of rotatable bonds is 3. The first-order valence-corrected chi connectivity index (χ1v) is 6.43. The smallest absolute Gasteiger partial charge is 0.131 e. The number of halogens is 2. The highest BCUT2D eigenvalue weighted by Gasteiger charge is 2.33. The van der Waals surface area contributed by atoms with E-state index in [4.69, 9.17) is 23.2 Å². The predicted molar refractivity (Wildman–Crippen MR) is 73.0 cm³/mol. The molecule has 0 aliphatic rings. The van der Waals surface area contributed by atoms with Crippen LogP contribution in [0.2, 0.25) is 10.0 Å². The van der Waals surface area contributed by atoms with Gasteiger partial charge in [-0.2, -0.15) is 5.10 Å². The lowest BCUT2D eigenvalue weighted by Crippen LogP contribution is -2.27. The molecule has 0 aliphatic heterocycles. The van der Waals surface area contributed by atoms with Crippen LogP contribution in [0.3, 0.4) is 0 Å². The summed E-state index contributed by atoms with van der Waals surface area (Å²) >= 11 is 12.3. The van der Waals surface area contributed by atoms with Crippen molar-refractivity contribution < 1.29 is 5.11 Å². The summed E-state index contributed by atoms with van der Waals surface area (Å²) in [6, 6.07) is 7.18. The number of benzene rings is 1. The zero-order valence-corrected chi connectivity index (χ0v) is 11.7. The molecule has 0 bridgehead atoms. The average Bonchev–Trinajstić information content (AvgIpc) is 2.71. The predicted octanol–water partition coefficient (Wildman–Crippen LogP) is 3.47. The third-order valence-corrected chi connectivity index (χ3v) is 3.56. The van der Waals surface area contributed by atoms with Crippen LogP contribution in [0.4, 0.5) is 0 Å². The van der Waals surface area contributed by atoms with E-state index in [0.717, 1.165) is 0 Å². The van der Waals surface area contributed by atoms with Gasteiger partial charge < -0.3 is 5.11 Å². The largest absolute Gasteiger partial charge is 0.379 e. The van der Waals surface area contributed by atoms with Gasteiger partial charge in [0.05, 0.1) is 16.9 Å². The Bertz CT molecular complexity index is 564. The average molecular weight is 285 g/mol. The molecule has 0 spiro atoms. The molecule has 0 fully saturated rings. The molecule has 1 aromatic heterocycles. The zero-order chi connectivity index (χ0) is 13.3. The second-order valence-electron chi connectivity index (χ2n) is 4.21. The SMILES string of the molecule is CCn1ncc(Cl)c1C(C)(O)c1ccccc1Cl. The molecule has 2 aromatic rings. The molecule has 1 atom stereocenters. The molecular formula is C13H14Cl2N2O. The number of hydrogen-bond acceptors (Lipinski definition) is 2. The van der Waals surface area contributed by atoms with Gasteiger partial charge in [-0.15, -0.1) is 0 Å². The summed E-state index contributed by atoms with van der Waals surface area (Å²) in [5.74, 6) is 0. The number of nitrogens with zero attached hydrogens (tertiary/aromatic N) is 2. The highest BCUT2D eigenvalue weighted by molar-refractivity contribution is 6.32. The lowest BCUT2D eigenvalue weighted by atomic mass is 9.92. The molecule has 1 heterocycles. The van der Waals surface area contributed by atoms with Gasteiger partial charge in [0.15, 0.2) is 0 Å². The maximum Gasteiger partial charge on any atom is 0.131 e. The lowest BCUT2D eigenvalue weighted by Gasteiger charge is -2.26. The molecule has 0 saturated carbocycles. The van der Waals surface area contributed by atoms with Crippen LogP contribution in [0.1, 0.15) is 25.1 Å². The van der Waals surface area contributed by atoms with Gasteiger partial charge in [0.1, 0.15) is 5.60 Å². The second kappa shape index (κ2) is 4.92. The van der Waals surface area contributed by atoms with E-state index in [0.29, 0.717) is 27.8 Å². The van der Waals surface area contributed by atoms with Crippen LogP contribution in [-0.2, 0) is 12.1 Å². The van der Waals surface area contributed by atoms with Crippen LogP contribution in [0.15, 0.2) is 30.5 Å². The molecule has 1 unspecified atom stereocenters. The number of aryl methyl sites for hydroxylation is 1. The topological polar surface area (TPSA) is 38.0 Å². The second-order valence-corrected chi connectivity index (χ2v) is 5.02. The fourth-order valence-corrected chi connectivity index (χ4v) is 2.71. The van der Waals surface area contributed by atoms with E-state index in [1.54, 1.807) is 23.7 Å². The Morgan fingerprint density at radius 3 is 2.56 bits per heavy atom. The highest BCUT2D eigenvalue weighted by Crippen LogP contribution is 2.37. The maximum atomic E-state index is 10.8. The quantitative estimate of drug-likeness (QED) is 0.937. The van der Waals surface area contributed by atoms with E-state index in [-0.39, 0.29) is 0 Å². The van der Waals surface area contributed by atoms with Crippen molar-refractivity contribution in [3.63, 3.8) is 0 Å². The van der Waals surface area contributed by atoms with Crippen LogP contribution in [0.25, 0.3) is 0 Å². The Kier molecular flexibility index (Phi) is 3.66. The summed E-state index contributed by atoms with van der Waals surface area (Å²) in [7, 11) is 0. The van der Waals surface area contributed by atoms with Crippen molar-refractivity contribution in [2.75, 3.05) is 0 Å². The van der Waals surface area contributed by atoms with Gasteiger partial charge in [-0.3, -0.25) is 4.68 Å². The highest BCUT2D eigenvalue weighted by atomic mass is 35.5. The van der Waals surface area contributed by atoms with Gasteiger partial charge in [0.25, 0.3) is 0 Å². The van der Waals surface area contributed by atoms with Crippen molar-refractivity contribution in [2.45, 2.75) is 26.0 Å². The van der Waals surface area contributed by atoms with E-state index in [1.165, 1.54) is 6.20 Å². The molecule has 3 nitrogen and oxygen atoms in total. The third kappa shape index (κ3) is 2.14. The Labute approximate surface area is 116 Å². The molecular weight excluding hydrogens is 271 g/mol. The van der Waals surface area contributed by atoms with Gasteiger partial charge in [-0.25, -0.2) is 0 Å². The van der Waals surface area contributed by atoms with Gasteiger partial charge in [0, 0.05) is 17.1 Å². The number of hydrogen-bond donors (Lipinski definition) is 1. The Hall–Kier alpha value is -1.03. The molecule has 0 amide bonds. The lowest BCUT2D eigenvalue weighted by molar-refractivity contribution is 0.0920. The summed E-state index contributed by atoms with van der Waals surface area (Å²) in [5, 5.41) is 15.9. The first-order valence-electron chi connectivity index (χ1n) is 5.67. The Morgan fingerprint density at radius 2 is 1.94 bits per heavy atom. The third-order valence-electron chi connectivity index (χ3n) is 2.95. The van der Waals surface area contributed by atoms with Crippen LogP contribution < -0.4 is 0 Å². The summed E-state index contributed by atoms with van der Waals surface area (Å²) in [6.07, 6.45) is 1.53. The molecule has 1 aromatic carbocycles. The minimum Gasteiger partial charge on any atom is -0.379 e. The van der Waals surface area contributed by atoms with Crippen molar-refractivity contribution in [3.05, 3.63) is 51.8 Å². The normalized spacial score (nSPS) is 14.5. The van der Waals surface area contributed by atoms with Gasteiger partial charge >= 0.3 is 0 Å². The van der Waals surface area contributed by atoms with E-state index in [9.17, 15) is 5.11 Å². The standard InChI is InChI=1S/C13H14Cl2N2O/c1-3-17-12(11(15)8-16-17)13(2,18)9-6-4-5-7-10(9)14/h4-8,18H,3H2,1-2H3. The molecule has 18 heavy (non-hydrogen) atoms. The zero-order valence-electron chi connectivity index (χ0n) is 10.2. The fourth-order valence-electron chi connectivity index (χ4n) is 2.07. The van der Waals surface area contributed by atoms with Gasteiger partial charge in [0.2, 0.25) is 0 Å². The summed E-state index contributed by atoms with van der Waals surface area (Å²) in [6.45, 7) is 4.24. The van der Waals surface area contributed by atoms with Gasteiger partial charge in [-0.1, -0.05) is 41.4 Å². The Balaban J connectivity index is 2.61. The van der Waals surface area contributed by atoms with Crippen LogP contribution >= 0.6 is 23.2 Å². The molecule has 0 aliphatic carbocycles.